The minimum absolute atomic E-state index is 0.00400. The van der Waals surface area contributed by atoms with Crippen LogP contribution in [0.4, 0.5) is 0 Å². The topological polar surface area (TPSA) is 63.1 Å². The first kappa shape index (κ1) is 15.7. The summed E-state index contributed by atoms with van der Waals surface area (Å²) < 4.78 is 1.54. The van der Waals surface area contributed by atoms with E-state index in [1.54, 1.807) is 12.4 Å². The maximum absolute atomic E-state index is 11.9. The first-order valence-electron chi connectivity index (χ1n) is 8.16. The summed E-state index contributed by atoms with van der Waals surface area (Å²) in [5, 5.41) is 10.5. The van der Waals surface area contributed by atoms with E-state index >= 15 is 0 Å². The van der Waals surface area contributed by atoms with Crippen LogP contribution in [0.5, 0.6) is 0 Å². The molecule has 1 saturated heterocycles. The van der Waals surface area contributed by atoms with Gasteiger partial charge in [-0.15, -0.1) is 5.10 Å². The van der Waals surface area contributed by atoms with E-state index in [1.807, 2.05) is 6.07 Å². The molecule has 1 aromatic heterocycles. The van der Waals surface area contributed by atoms with Gasteiger partial charge in [-0.2, -0.15) is 0 Å². The third-order valence-corrected chi connectivity index (χ3v) is 4.22. The Morgan fingerprint density at radius 2 is 2.17 bits per heavy atom. The smallest absolute Gasteiger partial charge is 0.241 e. The van der Waals surface area contributed by atoms with Gasteiger partial charge in [-0.05, 0) is 30.9 Å². The lowest BCUT2D eigenvalue weighted by molar-refractivity contribution is -0.122. The summed E-state index contributed by atoms with van der Waals surface area (Å²) in [5.41, 5.74) is 1.35. The minimum Gasteiger partial charge on any atom is -0.354 e. The molecule has 1 aromatic carbocycles. The first-order valence-corrected chi connectivity index (χ1v) is 8.16. The maximum atomic E-state index is 11.9. The molecule has 6 heteroatoms. The van der Waals surface area contributed by atoms with Gasteiger partial charge < -0.3 is 5.32 Å². The number of aromatic nitrogens is 3. The highest BCUT2D eigenvalue weighted by atomic mass is 16.2. The van der Waals surface area contributed by atoms with Gasteiger partial charge in [0.05, 0.1) is 6.20 Å². The number of nitrogens with one attached hydrogen (secondary N) is 1. The van der Waals surface area contributed by atoms with E-state index in [2.05, 4.69) is 44.8 Å². The zero-order valence-corrected chi connectivity index (χ0v) is 13.3. The second-order valence-electron chi connectivity index (χ2n) is 6.13. The van der Waals surface area contributed by atoms with E-state index in [-0.39, 0.29) is 12.5 Å². The number of carbonyl (C=O) groups is 1. The number of benzene rings is 1. The van der Waals surface area contributed by atoms with E-state index in [1.165, 1.54) is 23.1 Å². The van der Waals surface area contributed by atoms with E-state index in [0.29, 0.717) is 5.92 Å². The quantitative estimate of drug-likeness (QED) is 0.873. The van der Waals surface area contributed by atoms with E-state index in [0.717, 1.165) is 26.2 Å². The molecular weight excluding hydrogens is 290 g/mol. The zero-order valence-electron chi connectivity index (χ0n) is 13.3. The molecule has 2 aromatic rings. The average Bonchev–Trinajstić information content (AvgIpc) is 3.07. The van der Waals surface area contributed by atoms with E-state index < -0.39 is 0 Å². The van der Waals surface area contributed by atoms with Crippen LogP contribution in [0.25, 0.3) is 0 Å². The Labute approximate surface area is 136 Å². The van der Waals surface area contributed by atoms with Crippen molar-refractivity contribution in [1.29, 1.82) is 0 Å². The van der Waals surface area contributed by atoms with Crippen LogP contribution in [0.1, 0.15) is 18.4 Å². The van der Waals surface area contributed by atoms with Crippen LogP contribution >= 0.6 is 0 Å². The van der Waals surface area contributed by atoms with Gasteiger partial charge in [0, 0.05) is 25.8 Å². The number of carbonyl (C=O) groups excluding carboxylic acids is 1. The summed E-state index contributed by atoms with van der Waals surface area (Å²) in [5.74, 6) is 0.517. The van der Waals surface area contributed by atoms with Crippen LogP contribution in [0.3, 0.4) is 0 Å². The minimum atomic E-state index is -0.00400. The van der Waals surface area contributed by atoms with Gasteiger partial charge in [0.15, 0.2) is 0 Å². The van der Waals surface area contributed by atoms with Crippen molar-refractivity contribution < 1.29 is 4.79 Å². The van der Waals surface area contributed by atoms with Gasteiger partial charge in [-0.1, -0.05) is 35.5 Å². The largest absolute Gasteiger partial charge is 0.354 e. The van der Waals surface area contributed by atoms with Crippen molar-refractivity contribution in [2.75, 3.05) is 19.6 Å². The number of hydrogen-bond acceptors (Lipinski definition) is 4. The maximum Gasteiger partial charge on any atom is 0.241 e. The predicted octanol–water partition coefficient (Wildman–Crippen LogP) is 1.31. The fourth-order valence-electron chi connectivity index (χ4n) is 3.08. The monoisotopic (exact) mass is 313 g/mol. The summed E-state index contributed by atoms with van der Waals surface area (Å²) >= 11 is 0. The third kappa shape index (κ3) is 4.89. The molecule has 0 saturated carbocycles. The molecule has 0 aliphatic carbocycles. The molecular formula is C17H23N5O. The summed E-state index contributed by atoms with van der Waals surface area (Å²) in [6, 6.07) is 10.6. The Balaban J connectivity index is 1.42. The fraction of sp³-hybridized carbons (Fsp3) is 0.471. The van der Waals surface area contributed by atoms with Crippen LogP contribution in [-0.4, -0.2) is 45.4 Å². The van der Waals surface area contributed by atoms with Crippen LogP contribution in [0, 0.1) is 5.92 Å². The molecule has 1 aliphatic heterocycles. The van der Waals surface area contributed by atoms with Crippen LogP contribution < -0.4 is 5.32 Å². The van der Waals surface area contributed by atoms with E-state index in [9.17, 15) is 4.79 Å². The zero-order chi connectivity index (χ0) is 15.9. The van der Waals surface area contributed by atoms with Crippen LogP contribution in [-0.2, 0) is 17.9 Å². The van der Waals surface area contributed by atoms with Crippen molar-refractivity contribution in [2.24, 2.45) is 5.92 Å². The standard InChI is InChI=1S/C17H23N5O/c23-17(14-22-10-8-19-20-22)18-11-16-7-4-9-21(13-16)12-15-5-2-1-3-6-15/h1-3,5-6,8,10,16H,4,7,9,11-14H2,(H,18,23)/t16-/m0/s1. The van der Waals surface area contributed by atoms with Crippen molar-refractivity contribution in [2.45, 2.75) is 25.9 Å². The van der Waals surface area contributed by atoms with Crippen molar-refractivity contribution >= 4 is 5.91 Å². The van der Waals surface area contributed by atoms with Crippen molar-refractivity contribution in [3.05, 3.63) is 48.3 Å². The molecule has 1 atom stereocenters. The molecule has 23 heavy (non-hydrogen) atoms. The predicted molar refractivity (Wildman–Crippen MR) is 87.5 cm³/mol. The summed E-state index contributed by atoms with van der Waals surface area (Å²) in [6.45, 7) is 4.14. The number of likely N-dealkylation sites (tertiary alicyclic amines) is 1. The fourth-order valence-corrected chi connectivity index (χ4v) is 3.08. The second-order valence-corrected chi connectivity index (χ2v) is 6.13. The lowest BCUT2D eigenvalue weighted by atomic mass is 9.97. The number of rotatable bonds is 6. The highest BCUT2D eigenvalue weighted by Gasteiger charge is 2.20. The Morgan fingerprint density at radius 1 is 1.30 bits per heavy atom. The van der Waals surface area contributed by atoms with Gasteiger partial charge in [0.25, 0.3) is 0 Å². The molecule has 1 fully saturated rings. The summed E-state index contributed by atoms with van der Waals surface area (Å²) in [4.78, 5) is 14.4. The lowest BCUT2D eigenvalue weighted by Gasteiger charge is -2.32. The normalized spacial score (nSPS) is 18.7. The van der Waals surface area contributed by atoms with Crippen molar-refractivity contribution in [1.82, 2.24) is 25.2 Å². The Kier molecular flexibility index (Phi) is 5.37. The molecule has 122 valence electrons. The van der Waals surface area contributed by atoms with Gasteiger partial charge >= 0.3 is 0 Å². The average molecular weight is 313 g/mol. The Morgan fingerprint density at radius 3 is 2.96 bits per heavy atom. The first-order chi connectivity index (χ1) is 11.3. The molecule has 1 amide bonds. The molecule has 0 unspecified atom stereocenters. The van der Waals surface area contributed by atoms with Crippen molar-refractivity contribution in [3.8, 4) is 0 Å². The van der Waals surface area contributed by atoms with Crippen molar-refractivity contribution in [3.63, 3.8) is 0 Å². The summed E-state index contributed by atoms with van der Waals surface area (Å²) in [7, 11) is 0. The molecule has 1 N–H and O–H groups in total. The van der Waals surface area contributed by atoms with Gasteiger partial charge in [0.2, 0.25) is 5.91 Å². The summed E-state index contributed by atoms with van der Waals surface area (Å²) in [6.07, 6.45) is 5.64. The van der Waals surface area contributed by atoms with Gasteiger partial charge in [-0.25, -0.2) is 4.68 Å². The number of piperidine rings is 1. The van der Waals surface area contributed by atoms with E-state index in [4.69, 9.17) is 0 Å². The molecule has 0 spiro atoms. The number of hydrogen-bond donors (Lipinski definition) is 1. The van der Waals surface area contributed by atoms with Gasteiger partial charge in [0.1, 0.15) is 6.54 Å². The third-order valence-electron chi connectivity index (χ3n) is 4.22. The Bertz CT molecular complexity index is 599. The lowest BCUT2D eigenvalue weighted by Crippen LogP contribution is -2.41. The van der Waals surface area contributed by atoms with Crippen LogP contribution in [0.15, 0.2) is 42.7 Å². The van der Waals surface area contributed by atoms with Crippen LogP contribution in [0.2, 0.25) is 0 Å². The highest BCUT2D eigenvalue weighted by molar-refractivity contribution is 5.75. The highest BCUT2D eigenvalue weighted by Crippen LogP contribution is 2.18. The molecule has 2 heterocycles. The molecule has 0 bridgehead atoms. The molecule has 3 rings (SSSR count). The Hall–Kier alpha value is -2.21. The molecule has 6 nitrogen and oxygen atoms in total. The van der Waals surface area contributed by atoms with Gasteiger partial charge in [-0.3, -0.25) is 9.69 Å². The SMILES string of the molecule is O=C(Cn1ccnn1)NC[C@@H]1CCCN(Cc2ccccc2)C1. The number of nitrogens with zero attached hydrogens (tertiary/aromatic N) is 4. The second kappa shape index (κ2) is 7.87. The molecule has 0 radical (unpaired) electrons. The molecule has 1 aliphatic rings. The number of amides is 1.